The molecule has 29 heavy (non-hydrogen) atoms. The van der Waals surface area contributed by atoms with Crippen molar-refractivity contribution in [3.8, 4) is 11.1 Å². The molecule has 0 radical (unpaired) electrons. The van der Waals surface area contributed by atoms with Crippen molar-refractivity contribution in [1.82, 2.24) is 0 Å². The fourth-order valence-corrected chi connectivity index (χ4v) is 4.71. The summed E-state index contributed by atoms with van der Waals surface area (Å²) in [6, 6.07) is 17.9. The molecule has 1 heterocycles. The van der Waals surface area contributed by atoms with Crippen LogP contribution in [-0.2, 0) is 21.2 Å². The van der Waals surface area contributed by atoms with Gasteiger partial charge in [-0.3, -0.25) is 4.79 Å². The van der Waals surface area contributed by atoms with E-state index in [1.54, 1.807) is 42.5 Å². The molecule has 7 heteroatoms. The maximum Gasteiger partial charge on any atom is 0.248 e. The van der Waals surface area contributed by atoms with Crippen molar-refractivity contribution in [1.29, 1.82) is 0 Å². The van der Waals surface area contributed by atoms with Crippen LogP contribution in [0.1, 0.15) is 17.2 Å². The van der Waals surface area contributed by atoms with Crippen molar-refractivity contribution in [3.05, 3.63) is 83.7 Å². The van der Waals surface area contributed by atoms with E-state index in [0.29, 0.717) is 11.1 Å². The first kappa shape index (κ1) is 19.3. The normalized spacial score (nSPS) is 16.6. The number of nitrogens with two attached hydrogens (primary N) is 1. The summed E-state index contributed by atoms with van der Waals surface area (Å²) >= 11 is 0. The van der Waals surface area contributed by atoms with E-state index in [4.69, 9.17) is 5.73 Å². The van der Waals surface area contributed by atoms with Gasteiger partial charge in [-0.1, -0.05) is 60.7 Å². The van der Waals surface area contributed by atoms with Crippen LogP contribution in [0.5, 0.6) is 0 Å². The number of hydrogen-bond donors (Lipinski definition) is 1. The van der Waals surface area contributed by atoms with E-state index in [2.05, 4.69) is 0 Å². The molecule has 3 aromatic carbocycles. The lowest BCUT2D eigenvalue weighted by Gasteiger charge is -2.33. The van der Waals surface area contributed by atoms with Gasteiger partial charge in [0.25, 0.3) is 0 Å². The maximum absolute atomic E-state index is 15.6. The van der Waals surface area contributed by atoms with Crippen molar-refractivity contribution in [2.45, 2.75) is 17.5 Å². The molecule has 2 N–H and O–H groups in total. The SMILES string of the molecule is CS(=O)(=O)c1c(-c2ccccc2)ccc(N2Cc3ccccc3C(N)C2=O)c1F. The number of hydrogen-bond acceptors (Lipinski definition) is 4. The lowest BCUT2D eigenvalue weighted by molar-refractivity contribution is -0.120. The Morgan fingerprint density at radius 3 is 2.34 bits per heavy atom. The third-order valence-corrected chi connectivity index (χ3v) is 6.21. The molecule has 0 saturated heterocycles. The van der Waals surface area contributed by atoms with Gasteiger partial charge in [0.1, 0.15) is 10.9 Å². The van der Waals surface area contributed by atoms with Gasteiger partial charge in [0.2, 0.25) is 5.91 Å². The Morgan fingerprint density at radius 2 is 1.66 bits per heavy atom. The van der Waals surface area contributed by atoms with Crippen molar-refractivity contribution in [2.75, 3.05) is 11.2 Å². The summed E-state index contributed by atoms with van der Waals surface area (Å²) in [5.41, 5.74) is 8.30. The summed E-state index contributed by atoms with van der Waals surface area (Å²) in [5, 5.41) is 0. The summed E-state index contributed by atoms with van der Waals surface area (Å²) in [5.74, 6) is -1.43. The minimum absolute atomic E-state index is 0.0972. The van der Waals surface area contributed by atoms with Gasteiger partial charge in [0.05, 0.1) is 12.2 Å². The molecular formula is C22H19FN2O3S. The van der Waals surface area contributed by atoms with Gasteiger partial charge in [-0.25, -0.2) is 12.8 Å². The Balaban J connectivity index is 1.89. The van der Waals surface area contributed by atoms with E-state index in [1.807, 2.05) is 12.1 Å². The van der Waals surface area contributed by atoms with Crippen LogP contribution in [0.3, 0.4) is 0 Å². The van der Waals surface area contributed by atoms with E-state index in [-0.39, 0.29) is 17.8 Å². The molecule has 1 unspecified atom stereocenters. The van der Waals surface area contributed by atoms with Crippen molar-refractivity contribution in [2.24, 2.45) is 5.73 Å². The third kappa shape index (κ3) is 3.32. The second kappa shape index (κ2) is 7.09. The van der Waals surface area contributed by atoms with E-state index in [9.17, 15) is 13.2 Å². The van der Waals surface area contributed by atoms with Crippen LogP contribution in [0.15, 0.2) is 71.6 Å². The minimum atomic E-state index is -3.91. The molecule has 0 bridgehead atoms. The number of halogens is 1. The lowest BCUT2D eigenvalue weighted by atomic mass is 9.94. The number of rotatable bonds is 3. The van der Waals surface area contributed by atoms with E-state index >= 15 is 4.39 Å². The van der Waals surface area contributed by atoms with E-state index in [0.717, 1.165) is 11.8 Å². The quantitative estimate of drug-likeness (QED) is 0.717. The summed E-state index contributed by atoms with van der Waals surface area (Å²) in [6.45, 7) is 0.119. The van der Waals surface area contributed by atoms with E-state index < -0.39 is 32.5 Å². The zero-order chi connectivity index (χ0) is 20.8. The average Bonchev–Trinajstić information content (AvgIpc) is 2.70. The molecule has 5 nitrogen and oxygen atoms in total. The summed E-state index contributed by atoms with van der Waals surface area (Å²) < 4.78 is 40.5. The molecule has 4 rings (SSSR count). The summed E-state index contributed by atoms with van der Waals surface area (Å²) in [7, 11) is -3.91. The summed E-state index contributed by atoms with van der Waals surface area (Å²) in [6.07, 6.45) is 0.959. The molecule has 0 spiro atoms. The van der Waals surface area contributed by atoms with Crippen LogP contribution in [0.4, 0.5) is 10.1 Å². The Bertz CT molecular complexity index is 1210. The summed E-state index contributed by atoms with van der Waals surface area (Å²) in [4.78, 5) is 13.6. The van der Waals surface area contributed by atoms with E-state index in [1.165, 1.54) is 17.0 Å². The van der Waals surface area contributed by atoms with Crippen LogP contribution in [0.2, 0.25) is 0 Å². The standard InChI is InChI=1S/C22H19FN2O3S/c1-29(27,28)21-17(14-7-3-2-4-8-14)11-12-18(19(21)23)25-13-15-9-5-6-10-16(15)20(24)22(25)26/h2-12,20H,13,24H2,1H3. The fourth-order valence-electron chi connectivity index (χ4n) is 3.70. The number of anilines is 1. The van der Waals surface area contributed by atoms with Gasteiger partial charge >= 0.3 is 0 Å². The predicted molar refractivity (Wildman–Crippen MR) is 110 cm³/mol. The molecule has 1 aliphatic rings. The topological polar surface area (TPSA) is 80.5 Å². The number of sulfone groups is 1. The third-order valence-electron chi connectivity index (χ3n) is 5.07. The lowest BCUT2D eigenvalue weighted by Crippen LogP contribution is -2.43. The van der Waals surface area contributed by atoms with Gasteiger partial charge < -0.3 is 10.6 Å². The van der Waals surface area contributed by atoms with Crippen LogP contribution in [0, 0.1) is 5.82 Å². The van der Waals surface area contributed by atoms with Crippen LogP contribution in [-0.4, -0.2) is 20.6 Å². The molecule has 1 atom stereocenters. The Labute approximate surface area is 168 Å². The number of carbonyl (C=O) groups is 1. The van der Waals surface area contributed by atoms with Crippen LogP contribution >= 0.6 is 0 Å². The highest BCUT2D eigenvalue weighted by atomic mass is 32.2. The number of benzene rings is 3. The second-order valence-electron chi connectivity index (χ2n) is 7.01. The molecule has 3 aromatic rings. The molecule has 148 valence electrons. The largest absolute Gasteiger partial charge is 0.316 e. The van der Waals surface area contributed by atoms with Gasteiger partial charge in [0.15, 0.2) is 15.7 Å². The van der Waals surface area contributed by atoms with Gasteiger partial charge in [-0.15, -0.1) is 0 Å². The second-order valence-corrected chi connectivity index (χ2v) is 8.97. The Kier molecular flexibility index (Phi) is 4.72. The predicted octanol–water partition coefficient (Wildman–Crippen LogP) is 3.44. The van der Waals surface area contributed by atoms with Gasteiger partial charge in [-0.2, -0.15) is 0 Å². The Hall–Kier alpha value is -3.03. The number of fused-ring (bicyclic) bond motifs is 1. The average molecular weight is 410 g/mol. The number of carbonyl (C=O) groups excluding carboxylic acids is 1. The monoisotopic (exact) mass is 410 g/mol. The Morgan fingerprint density at radius 1 is 1.00 bits per heavy atom. The highest BCUT2D eigenvalue weighted by molar-refractivity contribution is 7.90. The number of nitrogens with zero attached hydrogens (tertiary/aromatic N) is 1. The minimum Gasteiger partial charge on any atom is -0.316 e. The first-order valence-electron chi connectivity index (χ1n) is 9.02. The van der Waals surface area contributed by atoms with Gasteiger partial charge in [0, 0.05) is 11.8 Å². The number of amides is 1. The smallest absolute Gasteiger partial charge is 0.248 e. The van der Waals surface area contributed by atoms with Crippen LogP contribution < -0.4 is 10.6 Å². The molecule has 0 saturated carbocycles. The molecular weight excluding hydrogens is 391 g/mol. The first-order valence-corrected chi connectivity index (χ1v) is 10.9. The molecule has 0 fully saturated rings. The zero-order valence-electron chi connectivity index (χ0n) is 15.7. The molecule has 0 aromatic heterocycles. The zero-order valence-corrected chi connectivity index (χ0v) is 16.5. The molecule has 1 aliphatic heterocycles. The van der Waals surface area contributed by atoms with Crippen molar-refractivity contribution < 1.29 is 17.6 Å². The van der Waals surface area contributed by atoms with Crippen molar-refractivity contribution >= 4 is 21.4 Å². The van der Waals surface area contributed by atoms with Crippen LogP contribution in [0.25, 0.3) is 11.1 Å². The van der Waals surface area contributed by atoms with Crippen molar-refractivity contribution in [3.63, 3.8) is 0 Å². The molecule has 1 amide bonds. The molecule has 0 aliphatic carbocycles. The maximum atomic E-state index is 15.6. The highest BCUT2D eigenvalue weighted by Crippen LogP contribution is 2.37. The van der Waals surface area contributed by atoms with Gasteiger partial charge in [-0.05, 0) is 22.8 Å². The first-order chi connectivity index (χ1) is 13.8. The fraction of sp³-hybridized carbons (Fsp3) is 0.136. The highest BCUT2D eigenvalue weighted by Gasteiger charge is 2.34.